The largest absolute Gasteiger partial charge is 0.490 e. The Bertz CT molecular complexity index is 673. The Morgan fingerprint density at radius 3 is 2.83 bits per heavy atom. The summed E-state index contributed by atoms with van der Waals surface area (Å²) in [5, 5.41) is 6.99. The quantitative estimate of drug-likeness (QED) is 0.364. The van der Waals surface area contributed by atoms with Crippen molar-refractivity contribution in [1.29, 1.82) is 0 Å². The maximum Gasteiger partial charge on any atom is 0.203 e. The van der Waals surface area contributed by atoms with Crippen molar-refractivity contribution < 1.29 is 9.47 Å². The Morgan fingerprint density at radius 2 is 2.17 bits per heavy atom. The van der Waals surface area contributed by atoms with Gasteiger partial charge >= 0.3 is 0 Å². The summed E-state index contributed by atoms with van der Waals surface area (Å²) < 4.78 is 12.5. The number of aryl methyl sites for hydroxylation is 1. The van der Waals surface area contributed by atoms with Gasteiger partial charge in [-0.1, -0.05) is 6.92 Å². The number of hydrazone groups is 1. The zero-order valence-corrected chi connectivity index (χ0v) is 16.4. The van der Waals surface area contributed by atoms with Crippen molar-refractivity contribution in [3.05, 3.63) is 32.3 Å². The average molecular weight is 445 g/mol. The summed E-state index contributed by atoms with van der Waals surface area (Å²) in [4.78, 5) is 4.30. The molecule has 0 radical (unpaired) electrons. The molecule has 0 aliphatic carbocycles. The zero-order valence-electron chi connectivity index (χ0n) is 13.4. The summed E-state index contributed by atoms with van der Waals surface area (Å²) in [6, 6.07) is 3.96. The minimum absolute atomic E-state index is 0.593. The SMILES string of the molecule is CCCOc1c(I)cc(C=NNc2nc(C)cs2)cc1OCC. The number of nitrogens with one attached hydrogen (secondary N) is 1. The van der Waals surface area contributed by atoms with Gasteiger partial charge in [0.1, 0.15) is 0 Å². The lowest BCUT2D eigenvalue weighted by molar-refractivity contribution is 0.275. The van der Waals surface area contributed by atoms with E-state index < -0.39 is 0 Å². The van der Waals surface area contributed by atoms with Gasteiger partial charge in [-0.15, -0.1) is 11.3 Å². The number of anilines is 1. The molecule has 0 amide bonds. The fourth-order valence-electron chi connectivity index (χ4n) is 1.84. The molecule has 0 atom stereocenters. The second-order valence-electron chi connectivity index (χ2n) is 4.78. The number of halogens is 1. The summed E-state index contributed by atoms with van der Waals surface area (Å²) in [5.41, 5.74) is 4.87. The van der Waals surface area contributed by atoms with E-state index in [9.17, 15) is 0 Å². The van der Waals surface area contributed by atoms with Crippen LogP contribution >= 0.6 is 33.9 Å². The number of nitrogens with zero attached hydrogens (tertiary/aromatic N) is 2. The predicted molar refractivity (Wildman–Crippen MR) is 104 cm³/mol. The van der Waals surface area contributed by atoms with Crippen molar-refractivity contribution in [1.82, 2.24) is 4.98 Å². The second kappa shape index (κ2) is 9.07. The van der Waals surface area contributed by atoms with Crippen molar-refractivity contribution in [3.63, 3.8) is 0 Å². The Labute approximate surface area is 154 Å². The molecule has 124 valence electrons. The van der Waals surface area contributed by atoms with Crippen LogP contribution in [0.3, 0.4) is 0 Å². The minimum Gasteiger partial charge on any atom is -0.490 e. The van der Waals surface area contributed by atoms with Crippen LogP contribution < -0.4 is 14.9 Å². The van der Waals surface area contributed by atoms with Crippen molar-refractivity contribution >= 4 is 45.3 Å². The standard InChI is InChI=1S/C16H20IN3O2S/c1-4-6-22-15-13(17)7-12(8-14(15)21-5-2)9-18-20-16-19-11(3)10-23-16/h7-10H,4-6H2,1-3H3,(H,19,20). The Kier molecular flexibility index (Phi) is 7.10. The van der Waals surface area contributed by atoms with E-state index in [2.05, 4.69) is 45.0 Å². The number of rotatable bonds is 8. The van der Waals surface area contributed by atoms with Gasteiger partial charge in [-0.05, 0) is 60.6 Å². The van der Waals surface area contributed by atoms with Crippen LogP contribution in [0.2, 0.25) is 0 Å². The van der Waals surface area contributed by atoms with Crippen LogP contribution in [0.15, 0.2) is 22.6 Å². The third-order valence-electron chi connectivity index (χ3n) is 2.78. The third-order valence-corrected chi connectivity index (χ3v) is 4.44. The van der Waals surface area contributed by atoms with Crippen LogP contribution in [0.5, 0.6) is 11.5 Å². The van der Waals surface area contributed by atoms with Crippen LogP contribution in [-0.2, 0) is 0 Å². The molecule has 0 fully saturated rings. The van der Waals surface area contributed by atoms with Crippen molar-refractivity contribution in [2.45, 2.75) is 27.2 Å². The van der Waals surface area contributed by atoms with Gasteiger partial charge in [0.25, 0.3) is 0 Å². The van der Waals surface area contributed by atoms with E-state index in [1.807, 2.05) is 31.4 Å². The van der Waals surface area contributed by atoms with E-state index in [4.69, 9.17) is 9.47 Å². The van der Waals surface area contributed by atoms with Gasteiger partial charge in [-0.3, -0.25) is 5.43 Å². The highest BCUT2D eigenvalue weighted by Crippen LogP contribution is 2.34. The molecule has 0 saturated carbocycles. The van der Waals surface area contributed by atoms with Crippen LogP contribution in [0, 0.1) is 10.5 Å². The average Bonchev–Trinajstić information content (AvgIpc) is 2.92. The highest BCUT2D eigenvalue weighted by atomic mass is 127. The number of hydrogen-bond acceptors (Lipinski definition) is 6. The van der Waals surface area contributed by atoms with Crippen molar-refractivity contribution in [3.8, 4) is 11.5 Å². The molecule has 5 nitrogen and oxygen atoms in total. The first-order valence-corrected chi connectivity index (χ1v) is 9.40. The molecule has 0 saturated heterocycles. The number of aromatic nitrogens is 1. The van der Waals surface area contributed by atoms with E-state index in [0.717, 1.165) is 37.9 Å². The van der Waals surface area contributed by atoms with Gasteiger partial charge in [-0.2, -0.15) is 5.10 Å². The third kappa shape index (κ3) is 5.35. The maximum atomic E-state index is 5.80. The zero-order chi connectivity index (χ0) is 16.7. The molecule has 0 unspecified atom stereocenters. The minimum atomic E-state index is 0.593. The number of thiazole rings is 1. The maximum absolute atomic E-state index is 5.80. The van der Waals surface area contributed by atoms with Crippen LogP contribution in [0.4, 0.5) is 5.13 Å². The van der Waals surface area contributed by atoms with E-state index in [0.29, 0.717) is 13.2 Å². The number of benzene rings is 1. The Balaban J connectivity index is 2.15. The van der Waals surface area contributed by atoms with Gasteiger partial charge in [0, 0.05) is 5.38 Å². The first-order chi connectivity index (χ1) is 11.1. The topological polar surface area (TPSA) is 55.7 Å². The van der Waals surface area contributed by atoms with Gasteiger partial charge < -0.3 is 9.47 Å². The highest BCUT2D eigenvalue weighted by Gasteiger charge is 2.11. The summed E-state index contributed by atoms with van der Waals surface area (Å²) in [7, 11) is 0. The van der Waals surface area contributed by atoms with Gasteiger partial charge in [0.2, 0.25) is 5.13 Å². The normalized spacial score (nSPS) is 11.0. The lowest BCUT2D eigenvalue weighted by Gasteiger charge is -2.14. The first-order valence-electron chi connectivity index (χ1n) is 7.44. The Hall–Kier alpha value is -1.35. The monoisotopic (exact) mass is 445 g/mol. The van der Waals surface area contributed by atoms with E-state index in [1.54, 1.807) is 6.21 Å². The predicted octanol–water partition coefficient (Wildman–Crippen LogP) is 4.69. The molecule has 0 aliphatic heterocycles. The molecule has 1 aromatic carbocycles. The second-order valence-corrected chi connectivity index (χ2v) is 6.80. The van der Waals surface area contributed by atoms with Gasteiger partial charge in [0.05, 0.1) is 28.7 Å². The van der Waals surface area contributed by atoms with Gasteiger partial charge in [0.15, 0.2) is 11.5 Å². The summed E-state index contributed by atoms with van der Waals surface area (Å²) in [6.45, 7) is 7.27. The Morgan fingerprint density at radius 1 is 1.35 bits per heavy atom. The smallest absolute Gasteiger partial charge is 0.203 e. The molecular formula is C16H20IN3O2S. The molecule has 1 aromatic heterocycles. The molecule has 0 bridgehead atoms. The molecular weight excluding hydrogens is 425 g/mol. The summed E-state index contributed by atoms with van der Waals surface area (Å²) in [6.07, 6.45) is 2.72. The summed E-state index contributed by atoms with van der Waals surface area (Å²) >= 11 is 3.79. The van der Waals surface area contributed by atoms with Crippen LogP contribution in [0.25, 0.3) is 0 Å². The molecule has 2 aromatic rings. The number of hydrogen-bond donors (Lipinski definition) is 1. The highest BCUT2D eigenvalue weighted by molar-refractivity contribution is 14.1. The molecule has 0 aliphatic rings. The number of ether oxygens (including phenoxy) is 2. The summed E-state index contributed by atoms with van der Waals surface area (Å²) in [5.74, 6) is 1.55. The fraction of sp³-hybridized carbons (Fsp3) is 0.375. The van der Waals surface area contributed by atoms with Crippen molar-refractivity contribution in [2.24, 2.45) is 5.10 Å². The van der Waals surface area contributed by atoms with Crippen LogP contribution in [0.1, 0.15) is 31.5 Å². The lowest BCUT2D eigenvalue weighted by Crippen LogP contribution is -2.03. The van der Waals surface area contributed by atoms with Crippen LogP contribution in [-0.4, -0.2) is 24.4 Å². The molecule has 2 rings (SSSR count). The fourth-order valence-corrected chi connectivity index (χ4v) is 3.26. The first kappa shape index (κ1) is 18.0. The molecule has 0 spiro atoms. The van der Waals surface area contributed by atoms with Crippen molar-refractivity contribution in [2.75, 3.05) is 18.6 Å². The molecule has 7 heteroatoms. The molecule has 1 N–H and O–H groups in total. The van der Waals surface area contributed by atoms with Gasteiger partial charge in [-0.25, -0.2) is 4.98 Å². The molecule has 1 heterocycles. The molecule has 23 heavy (non-hydrogen) atoms. The van der Waals surface area contributed by atoms with E-state index in [-0.39, 0.29) is 0 Å². The van der Waals surface area contributed by atoms with E-state index >= 15 is 0 Å². The van der Waals surface area contributed by atoms with E-state index in [1.165, 1.54) is 11.3 Å². The lowest BCUT2D eigenvalue weighted by atomic mass is 10.2.